The first kappa shape index (κ1) is 30.5. The van der Waals surface area contributed by atoms with Gasteiger partial charge < -0.3 is 14.4 Å². The van der Waals surface area contributed by atoms with Gasteiger partial charge in [-0.05, 0) is 130 Å². The number of ether oxygens (including phenoxy) is 2. The third kappa shape index (κ3) is 5.93. The highest BCUT2D eigenvalue weighted by molar-refractivity contribution is 7.15. The molecule has 1 aromatic heterocycles. The van der Waals surface area contributed by atoms with Crippen molar-refractivity contribution in [3.05, 3.63) is 64.8 Å². The van der Waals surface area contributed by atoms with Crippen LogP contribution in [0.5, 0.6) is 5.75 Å². The van der Waals surface area contributed by atoms with Crippen molar-refractivity contribution in [1.82, 2.24) is 4.98 Å². The van der Waals surface area contributed by atoms with E-state index in [1.807, 2.05) is 6.20 Å². The van der Waals surface area contributed by atoms with Crippen molar-refractivity contribution in [3.63, 3.8) is 0 Å². The number of esters is 1. The number of carbonyl (C=O) groups excluding carboxylic acids is 2. The lowest BCUT2D eigenvalue weighted by Gasteiger charge is -2.55. The number of methoxy groups -OCH3 is 2. The molecule has 5 aliphatic rings. The molecule has 1 amide bonds. The van der Waals surface area contributed by atoms with Crippen LogP contribution in [-0.2, 0) is 19.7 Å². The number of hydrogen-bond acceptors (Lipinski definition) is 6. The third-order valence-electron chi connectivity index (χ3n) is 11.7. The van der Waals surface area contributed by atoms with E-state index >= 15 is 0 Å². The van der Waals surface area contributed by atoms with Crippen molar-refractivity contribution in [2.24, 2.45) is 17.3 Å². The van der Waals surface area contributed by atoms with Crippen LogP contribution in [0.3, 0.4) is 0 Å². The number of amides is 1. The minimum absolute atomic E-state index is 0.0654. The molecule has 5 fully saturated rings. The highest BCUT2D eigenvalue weighted by atomic mass is 32.1. The van der Waals surface area contributed by atoms with Gasteiger partial charge in [0.1, 0.15) is 5.75 Å². The van der Waals surface area contributed by atoms with E-state index in [1.54, 1.807) is 18.4 Å². The van der Waals surface area contributed by atoms with Crippen LogP contribution in [0.4, 0.5) is 5.69 Å². The van der Waals surface area contributed by atoms with Gasteiger partial charge in [-0.15, -0.1) is 11.3 Å². The second-order valence-electron chi connectivity index (χ2n) is 14.3. The van der Waals surface area contributed by atoms with Crippen molar-refractivity contribution in [3.8, 4) is 16.2 Å². The monoisotopic (exact) mass is 626 g/mol. The summed E-state index contributed by atoms with van der Waals surface area (Å²) in [5.74, 6) is 1.52. The number of fused-ring (bicyclic) bond motifs is 3. The Morgan fingerprint density at radius 1 is 0.911 bits per heavy atom. The minimum Gasteiger partial charge on any atom is -0.496 e. The van der Waals surface area contributed by atoms with Gasteiger partial charge in [0.05, 0.1) is 30.0 Å². The first-order chi connectivity index (χ1) is 21.8. The highest BCUT2D eigenvalue weighted by Crippen LogP contribution is 2.58. The van der Waals surface area contributed by atoms with Crippen molar-refractivity contribution >= 4 is 28.9 Å². The van der Waals surface area contributed by atoms with E-state index in [2.05, 4.69) is 54.3 Å². The highest BCUT2D eigenvalue weighted by Gasteiger charge is 2.50. The predicted octanol–water partition coefficient (Wildman–Crippen LogP) is 8.61. The smallest absolute Gasteiger partial charge is 0.308 e. The Balaban J connectivity index is 1.14. The average Bonchev–Trinajstić information content (AvgIpc) is 3.83. The van der Waals surface area contributed by atoms with Gasteiger partial charge in [0.25, 0.3) is 0 Å². The first-order valence-corrected chi connectivity index (χ1v) is 17.7. The fraction of sp³-hybridized carbons (Fsp3) is 0.553. The minimum atomic E-state index is -0.139. The summed E-state index contributed by atoms with van der Waals surface area (Å²) in [5.41, 5.74) is 5.15. The molecule has 5 aliphatic carbocycles. The summed E-state index contributed by atoms with van der Waals surface area (Å²) < 4.78 is 10.6. The van der Waals surface area contributed by atoms with Crippen LogP contribution in [0.15, 0.2) is 48.7 Å². The lowest BCUT2D eigenvalue weighted by molar-refractivity contribution is -0.147. The van der Waals surface area contributed by atoms with E-state index < -0.39 is 0 Å². The molecule has 0 saturated heterocycles. The molecule has 3 aromatic rings. The second-order valence-corrected chi connectivity index (χ2v) is 15.4. The molecular formula is C38H46N2O4S. The molecule has 1 heterocycles. The molecule has 0 radical (unpaired) electrons. The van der Waals surface area contributed by atoms with Crippen LogP contribution in [0.2, 0.25) is 0 Å². The van der Waals surface area contributed by atoms with E-state index in [4.69, 9.17) is 14.5 Å². The molecular weight excluding hydrogens is 580 g/mol. The van der Waals surface area contributed by atoms with E-state index in [1.165, 1.54) is 41.0 Å². The van der Waals surface area contributed by atoms with Crippen LogP contribution in [-0.4, -0.2) is 37.6 Å². The number of aryl methyl sites for hydroxylation is 1. The van der Waals surface area contributed by atoms with Crippen molar-refractivity contribution < 1.29 is 19.1 Å². The number of aromatic nitrogens is 1. The van der Waals surface area contributed by atoms with Gasteiger partial charge in [0.2, 0.25) is 5.91 Å². The summed E-state index contributed by atoms with van der Waals surface area (Å²) in [7, 11) is 3.20. The summed E-state index contributed by atoms with van der Waals surface area (Å²) in [4.78, 5) is 34.8. The molecule has 0 spiro atoms. The van der Waals surface area contributed by atoms with Crippen LogP contribution in [0.1, 0.15) is 99.1 Å². The topological polar surface area (TPSA) is 68.7 Å². The normalized spacial score (nSPS) is 27.6. The lowest BCUT2D eigenvalue weighted by Crippen LogP contribution is -2.51. The fourth-order valence-corrected chi connectivity index (χ4v) is 9.59. The number of nitrogens with zero attached hydrogens (tertiary/aromatic N) is 2. The largest absolute Gasteiger partial charge is 0.496 e. The van der Waals surface area contributed by atoms with Gasteiger partial charge in [0, 0.05) is 30.3 Å². The van der Waals surface area contributed by atoms with Crippen molar-refractivity contribution in [2.45, 2.75) is 95.3 Å². The first-order valence-electron chi connectivity index (χ1n) is 16.9. The number of benzene rings is 2. The Kier molecular flexibility index (Phi) is 8.26. The Morgan fingerprint density at radius 3 is 2.27 bits per heavy atom. The summed E-state index contributed by atoms with van der Waals surface area (Å²) >= 11 is 1.80. The zero-order valence-electron chi connectivity index (χ0n) is 27.0. The van der Waals surface area contributed by atoms with E-state index in [0.717, 1.165) is 87.8 Å². The van der Waals surface area contributed by atoms with E-state index in [9.17, 15) is 9.59 Å². The molecule has 0 aliphatic heterocycles. The zero-order valence-corrected chi connectivity index (χ0v) is 27.8. The quantitative estimate of drug-likeness (QED) is 0.223. The molecule has 2 bridgehead atoms. The predicted molar refractivity (Wildman–Crippen MR) is 179 cm³/mol. The van der Waals surface area contributed by atoms with Gasteiger partial charge >= 0.3 is 5.97 Å². The maximum Gasteiger partial charge on any atom is 0.308 e. The maximum atomic E-state index is 14.5. The van der Waals surface area contributed by atoms with Crippen molar-refractivity contribution in [1.29, 1.82) is 0 Å². The third-order valence-corrected chi connectivity index (χ3v) is 12.9. The lowest BCUT2D eigenvalue weighted by atomic mass is 9.51. The maximum absolute atomic E-state index is 14.5. The molecule has 0 N–H and O–H groups in total. The van der Waals surface area contributed by atoms with E-state index in [-0.39, 0.29) is 34.5 Å². The molecule has 7 heteroatoms. The second kappa shape index (κ2) is 12.2. The van der Waals surface area contributed by atoms with Crippen LogP contribution in [0, 0.1) is 24.2 Å². The fourth-order valence-electron chi connectivity index (χ4n) is 8.50. The Morgan fingerprint density at radius 2 is 1.62 bits per heavy atom. The van der Waals surface area contributed by atoms with Crippen LogP contribution >= 0.6 is 11.3 Å². The van der Waals surface area contributed by atoms with Gasteiger partial charge in [-0.3, -0.25) is 9.59 Å². The van der Waals surface area contributed by atoms with Crippen molar-refractivity contribution in [2.75, 3.05) is 25.7 Å². The number of carbonyl (C=O) groups is 2. The van der Waals surface area contributed by atoms with Gasteiger partial charge in [0.15, 0.2) is 0 Å². The Hall–Kier alpha value is -3.19. The SMILES string of the molecule is COc1ccc(C23CCC(CN(c4cccc(-c5cnc(C6CC6)s5)c4)C(=O)[C@H]4CC[C@H](C(=O)OC)CC4)(CC2)CC3)cc1C. The number of thiazole rings is 1. The molecule has 8 rings (SSSR count). The molecule has 5 saturated carbocycles. The molecule has 6 nitrogen and oxygen atoms in total. The van der Waals surface area contributed by atoms with E-state index in [0.29, 0.717) is 5.92 Å². The number of rotatable bonds is 9. The summed E-state index contributed by atoms with van der Waals surface area (Å²) in [5, 5.41) is 1.24. The van der Waals surface area contributed by atoms with Gasteiger partial charge in [-0.1, -0.05) is 24.3 Å². The summed E-state index contributed by atoms with van der Waals surface area (Å²) in [6, 6.07) is 15.4. The number of anilines is 1. The van der Waals surface area contributed by atoms with Gasteiger partial charge in [-0.2, -0.15) is 0 Å². The van der Waals surface area contributed by atoms with Crippen LogP contribution in [0.25, 0.3) is 10.4 Å². The average molecular weight is 627 g/mol. The zero-order chi connectivity index (χ0) is 31.2. The Labute approximate surface area is 271 Å². The summed E-state index contributed by atoms with van der Waals surface area (Å²) in [6.07, 6.45) is 14.3. The summed E-state index contributed by atoms with van der Waals surface area (Å²) in [6.45, 7) is 2.91. The standard InChI is InChI=1S/C38H46N2O4S/c1-25-21-30(13-14-32(25)43-2)38-18-15-37(16-19-38,17-20-38)24-40(35(41)27-9-11-28(12-10-27)36(42)44-3)31-6-4-5-29(22-31)33-23-39-34(45-33)26-7-8-26/h4-6,13-14,21-23,26-28H,7-12,15-20,24H2,1-3H3/t27-,28-,37?,38?. The molecule has 238 valence electrons. The van der Waals surface area contributed by atoms with Crippen LogP contribution < -0.4 is 9.64 Å². The Bertz CT molecular complexity index is 1540. The molecule has 45 heavy (non-hydrogen) atoms. The van der Waals surface area contributed by atoms with Gasteiger partial charge in [-0.25, -0.2) is 4.98 Å². The number of hydrogen-bond donors (Lipinski definition) is 0. The molecule has 2 aromatic carbocycles. The molecule has 0 unspecified atom stereocenters. The molecule has 0 atom stereocenters.